The number of amides is 2. The summed E-state index contributed by atoms with van der Waals surface area (Å²) in [4.78, 5) is 27.9. The molecule has 7 heteroatoms. The molecule has 2 unspecified atom stereocenters. The average molecular weight is 612 g/mol. The van der Waals surface area contributed by atoms with Crippen molar-refractivity contribution in [3.63, 3.8) is 0 Å². The van der Waals surface area contributed by atoms with Crippen LogP contribution in [0.5, 0.6) is 0 Å². The van der Waals surface area contributed by atoms with Crippen LogP contribution in [0.2, 0.25) is 0 Å². The summed E-state index contributed by atoms with van der Waals surface area (Å²) in [6.07, 6.45) is 12.3. The Labute approximate surface area is 266 Å². The van der Waals surface area contributed by atoms with E-state index >= 15 is 0 Å². The first-order valence-corrected chi connectivity index (χ1v) is 18.5. The molecule has 3 N–H and O–H groups in total. The molecule has 0 aromatic heterocycles. The molecule has 4 aliphatic carbocycles. The summed E-state index contributed by atoms with van der Waals surface area (Å²) >= 11 is 0. The standard InChI is InChI=1S/C37H61N3O4/c1-22(21-41)8-13-37(5)23(2)34-31(44-37)15-30-28-7-6-26-14-27(9-11-35(26,3)29(28)10-12-36(30,34)4)39-32(42)16-33(43)40-19-24-17-38-18-25(24)20-40/h22-31,34,38,41H,6-21H2,1-5H3,(H,39,42)/t22-,23-,24?,25?,26+,27-,28+,29-,30-,31-,34-,35-,36-,37+/m0/s1. The number of fused-ring (bicyclic) bond motifs is 8. The van der Waals surface area contributed by atoms with Gasteiger partial charge in [-0.25, -0.2) is 0 Å². The molecule has 0 bridgehead atoms. The van der Waals surface area contributed by atoms with E-state index in [9.17, 15) is 14.7 Å². The molecule has 44 heavy (non-hydrogen) atoms. The van der Waals surface area contributed by atoms with Gasteiger partial charge in [0.1, 0.15) is 6.42 Å². The molecule has 7 nitrogen and oxygen atoms in total. The van der Waals surface area contributed by atoms with Gasteiger partial charge in [0.2, 0.25) is 11.8 Å². The molecule has 7 fully saturated rings. The number of nitrogens with one attached hydrogen (secondary N) is 2. The highest BCUT2D eigenvalue weighted by atomic mass is 16.5. The fraction of sp³-hybridized carbons (Fsp3) is 0.946. The van der Waals surface area contributed by atoms with Gasteiger partial charge in [0.25, 0.3) is 0 Å². The number of ether oxygens (including phenoxy) is 1. The zero-order valence-corrected chi connectivity index (χ0v) is 28.3. The fourth-order valence-corrected chi connectivity index (χ4v) is 12.8. The van der Waals surface area contributed by atoms with Gasteiger partial charge in [0.05, 0.1) is 11.7 Å². The third-order valence-electron chi connectivity index (χ3n) is 15.5. The number of hydrogen-bond donors (Lipinski definition) is 3. The summed E-state index contributed by atoms with van der Waals surface area (Å²) in [6, 6.07) is 0.215. The Morgan fingerprint density at radius 3 is 2.45 bits per heavy atom. The molecular weight excluding hydrogens is 550 g/mol. The van der Waals surface area contributed by atoms with Crippen molar-refractivity contribution in [2.75, 3.05) is 32.8 Å². The first-order valence-electron chi connectivity index (χ1n) is 18.5. The predicted octanol–water partition coefficient (Wildman–Crippen LogP) is 5.01. The number of carbonyl (C=O) groups is 2. The molecule has 14 atom stereocenters. The Bertz CT molecular complexity index is 1100. The van der Waals surface area contributed by atoms with Crippen LogP contribution in [0.15, 0.2) is 0 Å². The Kier molecular flexibility index (Phi) is 8.22. The third-order valence-corrected chi connectivity index (χ3v) is 15.5. The second-order valence-corrected chi connectivity index (χ2v) is 17.7. The molecule has 3 heterocycles. The summed E-state index contributed by atoms with van der Waals surface area (Å²) in [5.74, 6) is 5.66. The van der Waals surface area contributed by atoms with Gasteiger partial charge in [-0.05, 0) is 135 Å². The maximum Gasteiger partial charge on any atom is 0.232 e. The van der Waals surface area contributed by atoms with E-state index in [0.29, 0.717) is 52.4 Å². The maximum absolute atomic E-state index is 13.0. The minimum Gasteiger partial charge on any atom is -0.396 e. The number of hydrogen-bond acceptors (Lipinski definition) is 5. The highest BCUT2D eigenvalue weighted by Gasteiger charge is 2.67. The highest BCUT2D eigenvalue weighted by Crippen LogP contribution is 2.71. The largest absolute Gasteiger partial charge is 0.396 e. The first kappa shape index (κ1) is 31.4. The van der Waals surface area contributed by atoms with Crippen LogP contribution < -0.4 is 10.6 Å². The van der Waals surface area contributed by atoms with Crippen molar-refractivity contribution >= 4 is 11.8 Å². The van der Waals surface area contributed by atoms with Crippen molar-refractivity contribution in [2.45, 2.75) is 123 Å². The number of carbonyl (C=O) groups excluding carboxylic acids is 2. The lowest BCUT2D eigenvalue weighted by molar-refractivity contribution is -0.137. The normalized spacial score (nSPS) is 49.9. The van der Waals surface area contributed by atoms with E-state index in [0.717, 1.165) is 69.6 Å². The lowest BCUT2D eigenvalue weighted by Gasteiger charge is -2.61. The van der Waals surface area contributed by atoms with Crippen LogP contribution >= 0.6 is 0 Å². The zero-order valence-electron chi connectivity index (χ0n) is 28.3. The van der Waals surface area contributed by atoms with E-state index in [1.165, 1.54) is 38.5 Å². The minimum atomic E-state index is -0.0645. The summed E-state index contributed by atoms with van der Waals surface area (Å²) in [5, 5.41) is 16.3. The van der Waals surface area contributed by atoms with Gasteiger partial charge in [-0.15, -0.1) is 0 Å². The summed E-state index contributed by atoms with van der Waals surface area (Å²) in [6.45, 7) is 16.1. The number of rotatable bonds is 7. The molecule has 0 aromatic carbocycles. The van der Waals surface area contributed by atoms with Crippen molar-refractivity contribution < 1.29 is 19.4 Å². The molecule has 2 amide bonds. The van der Waals surface area contributed by atoms with Gasteiger partial charge in [0, 0.05) is 38.8 Å². The van der Waals surface area contributed by atoms with E-state index in [1.807, 2.05) is 4.90 Å². The molecule has 0 aromatic rings. The molecule has 3 aliphatic heterocycles. The molecule has 248 valence electrons. The number of aliphatic hydroxyl groups excluding tert-OH is 1. The van der Waals surface area contributed by atoms with Crippen LogP contribution in [0.25, 0.3) is 0 Å². The number of likely N-dealkylation sites (tertiary alicyclic amines) is 1. The average Bonchev–Trinajstić information content (AvgIpc) is 3.72. The monoisotopic (exact) mass is 611 g/mol. The Morgan fingerprint density at radius 2 is 1.73 bits per heavy atom. The highest BCUT2D eigenvalue weighted by molar-refractivity contribution is 5.97. The van der Waals surface area contributed by atoms with Crippen molar-refractivity contribution in [1.82, 2.24) is 15.5 Å². The van der Waals surface area contributed by atoms with Crippen LogP contribution in [-0.2, 0) is 14.3 Å². The summed E-state index contributed by atoms with van der Waals surface area (Å²) in [7, 11) is 0. The molecule has 0 radical (unpaired) electrons. The fourth-order valence-electron chi connectivity index (χ4n) is 12.8. The zero-order chi connectivity index (χ0) is 31.0. The third kappa shape index (κ3) is 5.09. The van der Waals surface area contributed by atoms with Gasteiger partial charge in [-0.2, -0.15) is 0 Å². The SMILES string of the molecule is C[C@H](CO)CC[C@@]1(C)O[C@H]2C[C@H]3[C@@H]4CC[C@@H]5C[C@@H](NC(=O)CC(=O)N6CC7CNCC7C6)CC[C@]5(C)[C@H]4CC[C@]3(C)[C@H]2[C@@H]1C. The molecule has 0 spiro atoms. The maximum atomic E-state index is 13.0. The summed E-state index contributed by atoms with van der Waals surface area (Å²) < 4.78 is 7.03. The van der Waals surface area contributed by atoms with Crippen molar-refractivity contribution in [1.29, 1.82) is 0 Å². The van der Waals surface area contributed by atoms with Crippen molar-refractivity contribution in [2.24, 2.45) is 64.1 Å². The van der Waals surface area contributed by atoms with Gasteiger partial charge < -0.3 is 25.4 Å². The molecule has 3 saturated heterocycles. The second kappa shape index (κ2) is 11.5. The molecule has 7 rings (SSSR count). The first-order chi connectivity index (χ1) is 20.9. The van der Waals surface area contributed by atoms with Gasteiger partial charge in [0.15, 0.2) is 0 Å². The molecule has 4 saturated carbocycles. The van der Waals surface area contributed by atoms with Gasteiger partial charge in [-0.3, -0.25) is 9.59 Å². The topological polar surface area (TPSA) is 90.9 Å². The van der Waals surface area contributed by atoms with E-state index in [4.69, 9.17) is 4.74 Å². The van der Waals surface area contributed by atoms with Gasteiger partial charge in [-0.1, -0.05) is 27.7 Å². The molecular formula is C37H61N3O4. The Balaban J connectivity index is 0.951. The summed E-state index contributed by atoms with van der Waals surface area (Å²) in [5.41, 5.74) is 0.671. The van der Waals surface area contributed by atoms with Crippen molar-refractivity contribution in [3.05, 3.63) is 0 Å². The van der Waals surface area contributed by atoms with E-state index < -0.39 is 0 Å². The van der Waals surface area contributed by atoms with Crippen LogP contribution in [0.4, 0.5) is 0 Å². The van der Waals surface area contributed by atoms with Crippen LogP contribution in [0, 0.1) is 64.1 Å². The Morgan fingerprint density at radius 1 is 1.00 bits per heavy atom. The predicted molar refractivity (Wildman–Crippen MR) is 172 cm³/mol. The van der Waals surface area contributed by atoms with Crippen molar-refractivity contribution in [3.8, 4) is 0 Å². The van der Waals surface area contributed by atoms with E-state index in [2.05, 4.69) is 45.3 Å². The van der Waals surface area contributed by atoms with Crippen LogP contribution in [0.1, 0.15) is 105 Å². The quantitative estimate of drug-likeness (QED) is 0.352. The lowest BCUT2D eigenvalue weighted by Crippen LogP contribution is -2.56. The van der Waals surface area contributed by atoms with E-state index in [1.54, 1.807) is 0 Å². The second-order valence-electron chi connectivity index (χ2n) is 17.7. The van der Waals surface area contributed by atoms with Gasteiger partial charge >= 0.3 is 0 Å². The lowest BCUT2D eigenvalue weighted by atomic mass is 9.44. The van der Waals surface area contributed by atoms with Crippen LogP contribution in [-0.4, -0.2) is 72.4 Å². The van der Waals surface area contributed by atoms with Crippen LogP contribution in [0.3, 0.4) is 0 Å². The van der Waals surface area contributed by atoms with E-state index in [-0.39, 0.29) is 36.5 Å². The Hall–Kier alpha value is -1.18. The minimum absolute atomic E-state index is 0.0125. The smallest absolute Gasteiger partial charge is 0.232 e. The number of aliphatic hydroxyl groups is 1. The number of nitrogens with zero attached hydrogens (tertiary/aromatic N) is 1. The molecule has 7 aliphatic rings.